The van der Waals surface area contributed by atoms with Gasteiger partial charge in [-0.05, 0) is 37.6 Å². The molecule has 2 aromatic heterocycles. The third-order valence-corrected chi connectivity index (χ3v) is 8.86. The minimum absolute atomic E-state index is 0.0306. The van der Waals surface area contributed by atoms with Crippen molar-refractivity contribution in [3.05, 3.63) is 38.4 Å². The number of nitrogens with one attached hydrogen (secondary N) is 1. The van der Waals surface area contributed by atoms with Crippen molar-refractivity contribution >= 4 is 38.8 Å². The molecule has 3 heterocycles. The average molecular weight is 484 g/mol. The van der Waals surface area contributed by atoms with Gasteiger partial charge in [-0.25, -0.2) is 13.2 Å². The summed E-state index contributed by atoms with van der Waals surface area (Å²) in [6.45, 7) is 4.53. The number of nitrogens with zero attached hydrogens (tertiary/aromatic N) is 3. The normalized spacial score (nSPS) is 17.4. The first kappa shape index (κ1) is 24.2. The highest BCUT2D eigenvalue weighted by molar-refractivity contribution is 7.91. The monoisotopic (exact) mass is 483 g/mol. The number of anilines is 2. The molecule has 1 amide bonds. The first-order valence-corrected chi connectivity index (χ1v) is 13.0. The predicted molar refractivity (Wildman–Crippen MR) is 124 cm³/mol. The number of carbonyl (C=O) groups excluding carboxylic acids is 1. The molecule has 0 aromatic carbocycles. The average Bonchev–Trinajstić information content (AvgIpc) is 3.32. The van der Waals surface area contributed by atoms with E-state index < -0.39 is 27.2 Å². The molecule has 0 aliphatic carbocycles. The number of aromatic amines is 1. The summed E-state index contributed by atoms with van der Waals surface area (Å²) in [6.07, 6.45) is 2.54. The Balaban J connectivity index is 1.91. The van der Waals surface area contributed by atoms with Gasteiger partial charge in [0.15, 0.2) is 5.69 Å². The summed E-state index contributed by atoms with van der Waals surface area (Å²) >= 11 is 1.13. The number of nitrogens with two attached hydrogens (primary N) is 1. The molecule has 3 N–H and O–H groups in total. The highest BCUT2D eigenvalue weighted by atomic mass is 32.2. The van der Waals surface area contributed by atoms with Crippen molar-refractivity contribution in [1.29, 1.82) is 0 Å². The molecular formula is C20H29N5O5S2. The number of piperidine rings is 1. The number of nitrogen functional groups attached to an aromatic ring is 1. The summed E-state index contributed by atoms with van der Waals surface area (Å²) in [4.78, 5) is 41.8. The Hall–Kier alpha value is -2.44. The Morgan fingerprint density at radius 2 is 2.09 bits per heavy atom. The highest BCUT2D eigenvalue weighted by Gasteiger charge is 2.36. The van der Waals surface area contributed by atoms with Gasteiger partial charge in [-0.3, -0.25) is 19.1 Å². The summed E-state index contributed by atoms with van der Waals surface area (Å²) in [6, 6.07) is 3.22. The number of unbranched alkanes of at least 4 members (excludes halogenated alkanes) is 1. The van der Waals surface area contributed by atoms with Gasteiger partial charge in [0.25, 0.3) is 15.6 Å². The second kappa shape index (κ2) is 10.0. The minimum Gasteiger partial charge on any atom is -0.383 e. The Bertz CT molecular complexity index is 1170. The Labute approximate surface area is 190 Å². The number of hydrogen-bond donors (Lipinski definition) is 2. The zero-order valence-corrected chi connectivity index (χ0v) is 19.9. The van der Waals surface area contributed by atoms with Gasteiger partial charge in [-0.2, -0.15) is 4.31 Å². The van der Waals surface area contributed by atoms with E-state index in [2.05, 4.69) is 4.98 Å². The van der Waals surface area contributed by atoms with Crippen LogP contribution < -0.4 is 21.9 Å². The van der Waals surface area contributed by atoms with Crippen LogP contribution >= 0.6 is 11.3 Å². The van der Waals surface area contributed by atoms with E-state index in [1.54, 1.807) is 24.4 Å². The number of H-pyrrole nitrogens is 1. The molecule has 0 unspecified atom stereocenters. The third-order valence-electron chi connectivity index (χ3n) is 5.62. The fourth-order valence-electron chi connectivity index (χ4n) is 3.92. The van der Waals surface area contributed by atoms with Crippen LogP contribution in [0.25, 0.3) is 0 Å². The Morgan fingerprint density at radius 3 is 2.72 bits per heavy atom. The van der Waals surface area contributed by atoms with Crippen LogP contribution in [0.4, 0.5) is 11.5 Å². The molecule has 176 valence electrons. The number of hydrogen-bond acceptors (Lipinski definition) is 7. The Morgan fingerprint density at radius 1 is 1.34 bits per heavy atom. The molecule has 32 heavy (non-hydrogen) atoms. The molecule has 3 rings (SSSR count). The van der Waals surface area contributed by atoms with Gasteiger partial charge in [-0.1, -0.05) is 19.4 Å². The van der Waals surface area contributed by atoms with E-state index in [9.17, 15) is 22.8 Å². The fraction of sp³-hybridized carbons (Fsp3) is 0.550. The van der Waals surface area contributed by atoms with Crippen LogP contribution in [-0.4, -0.2) is 47.8 Å². The number of sulfonamides is 1. The number of carbonyl (C=O) groups is 1. The summed E-state index contributed by atoms with van der Waals surface area (Å²) < 4.78 is 28.7. The van der Waals surface area contributed by atoms with Crippen molar-refractivity contribution in [3.63, 3.8) is 0 Å². The van der Waals surface area contributed by atoms with Crippen LogP contribution in [0.2, 0.25) is 0 Å². The van der Waals surface area contributed by atoms with E-state index in [0.717, 1.165) is 17.8 Å². The van der Waals surface area contributed by atoms with Crippen LogP contribution in [0.15, 0.2) is 31.3 Å². The minimum atomic E-state index is -3.68. The molecule has 0 bridgehead atoms. The van der Waals surface area contributed by atoms with Gasteiger partial charge < -0.3 is 10.6 Å². The molecule has 0 spiro atoms. The van der Waals surface area contributed by atoms with E-state index in [4.69, 9.17) is 5.73 Å². The molecular weight excluding hydrogens is 454 g/mol. The van der Waals surface area contributed by atoms with Crippen LogP contribution in [0.3, 0.4) is 0 Å². The van der Waals surface area contributed by atoms with Crippen LogP contribution in [0.1, 0.15) is 39.5 Å². The lowest BCUT2D eigenvalue weighted by molar-refractivity contribution is -0.123. The lowest BCUT2D eigenvalue weighted by Gasteiger charge is -2.34. The molecule has 2 aromatic rings. The maximum Gasteiger partial charge on any atom is 0.330 e. The number of amides is 1. The first-order chi connectivity index (χ1) is 15.2. The number of rotatable bonds is 8. The SMILES string of the molecule is CCCCn1c(N)c(N(CC)C(=O)[C@H]2CCCN(S(=O)(=O)c3cccs3)C2)c(=O)[nH]c1=O. The quantitative estimate of drug-likeness (QED) is 0.582. The summed E-state index contributed by atoms with van der Waals surface area (Å²) in [5.74, 6) is -1.05. The van der Waals surface area contributed by atoms with Crippen molar-refractivity contribution < 1.29 is 13.2 Å². The van der Waals surface area contributed by atoms with E-state index >= 15 is 0 Å². The van der Waals surface area contributed by atoms with Gasteiger partial charge in [0.2, 0.25) is 5.91 Å². The molecule has 1 fully saturated rings. The third kappa shape index (κ3) is 4.66. The topological polar surface area (TPSA) is 139 Å². The predicted octanol–water partition coefficient (Wildman–Crippen LogP) is 1.43. The number of thiophene rings is 1. The molecule has 0 radical (unpaired) electrons. The van der Waals surface area contributed by atoms with Crippen molar-refractivity contribution in [3.8, 4) is 0 Å². The lowest BCUT2D eigenvalue weighted by Crippen LogP contribution is -2.48. The van der Waals surface area contributed by atoms with Gasteiger partial charge >= 0.3 is 5.69 Å². The van der Waals surface area contributed by atoms with Crippen molar-refractivity contribution in [2.45, 2.75) is 50.3 Å². The zero-order valence-electron chi connectivity index (χ0n) is 18.2. The van der Waals surface area contributed by atoms with Gasteiger partial charge in [0.05, 0.1) is 5.92 Å². The maximum absolute atomic E-state index is 13.4. The van der Waals surface area contributed by atoms with E-state index in [-0.39, 0.29) is 34.7 Å². The van der Waals surface area contributed by atoms with Crippen LogP contribution in [-0.2, 0) is 21.4 Å². The van der Waals surface area contributed by atoms with E-state index in [1.807, 2.05) is 6.92 Å². The van der Waals surface area contributed by atoms with Crippen molar-refractivity contribution in [2.75, 3.05) is 30.3 Å². The Kier molecular flexibility index (Phi) is 7.57. The molecule has 10 nitrogen and oxygen atoms in total. The molecule has 1 aliphatic heterocycles. The molecule has 1 aliphatic rings. The van der Waals surface area contributed by atoms with Gasteiger partial charge in [-0.15, -0.1) is 11.3 Å². The summed E-state index contributed by atoms with van der Waals surface area (Å²) in [5.41, 5.74) is 4.77. The molecule has 12 heteroatoms. The van der Waals surface area contributed by atoms with Gasteiger partial charge in [0.1, 0.15) is 10.0 Å². The van der Waals surface area contributed by atoms with E-state index in [0.29, 0.717) is 32.4 Å². The van der Waals surface area contributed by atoms with Gasteiger partial charge in [0, 0.05) is 26.2 Å². The standard InChI is InChI=1S/C20H29N5O5S2/c1-3-5-11-25-17(21)16(18(26)22-20(25)28)24(4-2)19(27)14-8-6-10-23(13-14)32(29,30)15-9-7-12-31-15/h7,9,12,14H,3-6,8,10-11,13,21H2,1-2H3,(H,22,26,28)/t14-/m0/s1. The van der Waals surface area contributed by atoms with E-state index in [1.165, 1.54) is 13.8 Å². The smallest absolute Gasteiger partial charge is 0.330 e. The van der Waals surface area contributed by atoms with Crippen LogP contribution in [0, 0.1) is 5.92 Å². The van der Waals surface area contributed by atoms with Crippen LogP contribution in [0.5, 0.6) is 0 Å². The molecule has 1 atom stereocenters. The lowest BCUT2D eigenvalue weighted by atomic mass is 9.98. The summed E-state index contributed by atoms with van der Waals surface area (Å²) in [7, 11) is -3.68. The molecule has 0 saturated carbocycles. The maximum atomic E-state index is 13.4. The van der Waals surface area contributed by atoms with Crippen molar-refractivity contribution in [2.24, 2.45) is 5.92 Å². The largest absolute Gasteiger partial charge is 0.383 e. The first-order valence-electron chi connectivity index (χ1n) is 10.7. The number of aromatic nitrogens is 2. The fourth-order valence-corrected chi connectivity index (χ4v) is 6.59. The zero-order chi connectivity index (χ0) is 23.5. The molecule has 1 saturated heterocycles. The second-order valence-electron chi connectivity index (χ2n) is 7.72. The van der Waals surface area contributed by atoms with Crippen molar-refractivity contribution in [1.82, 2.24) is 13.9 Å². The second-order valence-corrected chi connectivity index (χ2v) is 10.8. The highest BCUT2D eigenvalue weighted by Crippen LogP contribution is 2.28. The summed E-state index contributed by atoms with van der Waals surface area (Å²) in [5, 5.41) is 1.70.